The number of ether oxygens (including phenoxy) is 4. The lowest BCUT2D eigenvalue weighted by Gasteiger charge is -2.41. The van der Waals surface area contributed by atoms with Gasteiger partial charge in [-0.2, -0.15) is 0 Å². The van der Waals surface area contributed by atoms with Gasteiger partial charge in [-0.3, -0.25) is 19.2 Å². The van der Waals surface area contributed by atoms with Gasteiger partial charge in [-0.1, -0.05) is 120 Å². The van der Waals surface area contributed by atoms with Crippen molar-refractivity contribution in [1.82, 2.24) is 25.8 Å². The Balaban J connectivity index is 1.21. The summed E-state index contributed by atoms with van der Waals surface area (Å²) < 4.78 is 22.8. The highest BCUT2D eigenvalue weighted by molar-refractivity contribution is 5.91. The number of benzene rings is 3. The number of likely N-dealkylation sites (N-methyl/N-ethyl adjacent to an activating group) is 1. The minimum atomic E-state index is -1.12. The van der Waals surface area contributed by atoms with Crippen molar-refractivity contribution in [2.24, 2.45) is 23.2 Å². The number of likely N-dealkylation sites (tertiary alicyclic amines) is 1. The summed E-state index contributed by atoms with van der Waals surface area (Å²) in [6.07, 6.45) is 0.116. The van der Waals surface area contributed by atoms with Gasteiger partial charge in [0.15, 0.2) is 0 Å². The molecule has 0 aromatic heterocycles. The summed E-state index contributed by atoms with van der Waals surface area (Å²) in [5, 5.41) is 8.61. The average Bonchev–Trinajstić information content (AvgIpc) is 3.96. The molecule has 1 fully saturated rings. The third kappa shape index (κ3) is 13.1. The Labute approximate surface area is 408 Å². The van der Waals surface area contributed by atoms with Crippen LogP contribution in [0.5, 0.6) is 0 Å². The number of methoxy groups -OCH3 is 3. The van der Waals surface area contributed by atoms with Gasteiger partial charge in [-0.25, -0.2) is 9.59 Å². The number of carbonyl (C=O) groups is 6. The Kier molecular flexibility index (Phi) is 19.3. The number of nitrogens with one attached hydrogen (secondary N) is 3. The molecule has 15 nitrogen and oxygen atoms in total. The molecule has 1 unspecified atom stereocenters. The van der Waals surface area contributed by atoms with Crippen molar-refractivity contribution in [3.05, 3.63) is 95.6 Å². The van der Waals surface area contributed by atoms with Gasteiger partial charge in [-0.05, 0) is 66.3 Å². The minimum absolute atomic E-state index is 0.0408. The number of nitrogens with zero attached hydrogens (tertiary/aromatic N) is 2. The van der Waals surface area contributed by atoms with Crippen molar-refractivity contribution >= 4 is 35.7 Å². The number of esters is 1. The molecule has 3 aromatic rings. The number of fused-ring (bicyclic) bond motifs is 3. The molecule has 2 aliphatic rings. The van der Waals surface area contributed by atoms with Gasteiger partial charge in [-0.15, -0.1) is 0 Å². The van der Waals surface area contributed by atoms with E-state index in [0.29, 0.717) is 25.8 Å². The third-order valence-corrected chi connectivity index (χ3v) is 14.2. The van der Waals surface area contributed by atoms with Gasteiger partial charge >= 0.3 is 12.1 Å². The summed E-state index contributed by atoms with van der Waals surface area (Å²) >= 11 is 0. The van der Waals surface area contributed by atoms with E-state index in [1.165, 1.54) is 21.3 Å². The molecule has 0 saturated carbocycles. The Bertz CT molecular complexity index is 2190. The number of amides is 5. The summed E-state index contributed by atoms with van der Waals surface area (Å²) in [6, 6.07) is 22.7. The van der Waals surface area contributed by atoms with Crippen molar-refractivity contribution in [3.63, 3.8) is 0 Å². The molecule has 1 heterocycles. The number of alkyl carbamates (subject to hydrolysis) is 1. The van der Waals surface area contributed by atoms with E-state index < -0.39 is 71.6 Å². The van der Waals surface area contributed by atoms with E-state index in [-0.39, 0.29) is 55.6 Å². The topological polar surface area (TPSA) is 182 Å². The van der Waals surface area contributed by atoms with Gasteiger partial charge in [0.1, 0.15) is 18.7 Å². The predicted molar refractivity (Wildman–Crippen MR) is 264 cm³/mol. The largest absolute Gasteiger partial charge is 0.467 e. The predicted octanol–water partition coefficient (Wildman–Crippen LogP) is 6.51. The standard InChI is InChI=1S/C54H75N5O10/c1-12-34(4)47(44(66-9)30-45(60)59-28-20-27-43(59)48(67-10)35(5)49(61)56-42(51(63)68-11)29-36-21-14-13-15-22-36)58(8)50(62)46(33(2)3)57-52(64)54(6,7)32-55-53(65)69-31-41-39-25-18-16-23-37(39)38-24-17-19-26-40(38)41/h13-19,21-26,33-35,41-44,46-48H,12,20,27-32H2,1-11H3,(H,55,65)(H,56,61)(H,57,64)/t34-,35+,42?,43-,44+,46-,47-,48+/m0/s1. The summed E-state index contributed by atoms with van der Waals surface area (Å²) in [7, 11) is 6.00. The first-order valence-electron chi connectivity index (χ1n) is 24.3. The maximum absolute atomic E-state index is 14.6. The smallest absolute Gasteiger partial charge is 0.407 e. The molecule has 0 spiro atoms. The number of carbonyl (C=O) groups excluding carboxylic acids is 6. The highest BCUT2D eigenvalue weighted by atomic mass is 16.5. The Morgan fingerprint density at radius 2 is 1.43 bits per heavy atom. The summed E-state index contributed by atoms with van der Waals surface area (Å²) in [4.78, 5) is 85.9. The lowest BCUT2D eigenvalue weighted by molar-refractivity contribution is -0.149. The first-order valence-corrected chi connectivity index (χ1v) is 24.3. The Hall–Kier alpha value is -5.80. The number of hydrogen-bond acceptors (Lipinski definition) is 10. The molecule has 1 saturated heterocycles. The van der Waals surface area contributed by atoms with Crippen LogP contribution in [0.1, 0.15) is 96.8 Å². The maximum atomic E-state index is 14.6. The second-order valence-electron chi connectivity index (χ2n) is 19.6. The molecule has 3 aromatic carbocycles. The Morgan fingerprint density at radius 1 is 0.826 bits per heavy atom. The lowest BCUT2D eigenvalue weighted by Crippen LogP contribution is -2.59. The fourth-order valence-electron chi connectivity index (χ4n) is 9.89. The molecule has 15 heteroatoms. The van der Waals surface area contributed by atoms with Crippen molar-refractivity contribution < 1.29 is 47.7 Å². The average molecular weight is 954 g/mol. The highest BCUT2D eigenvalue weighted by Crippen LogP contribution is 2.44. The van der Waals surface area contributed by atoms with Crippen molar-refractivity contribution in [2.75, 3.05) is 48.1 Å². The maximum Gasteiger partial charge on any atom is 0.407 e. The van der Waals surface area contributed by atoms with E-state index in [1.54, 1.807) is 37.6 Å². The molecule has 0 bridgehead atoms. The van der Waals surface area contributed by atoms with Crippen LogP contribution in [-0.4, -0.2) is 130 Å². The normalized spacial score (nSPS) is 17.6. The molecule has 1 aliphatic heterocycles. The lowest BCUT2D eigenvalue weighted by atomic mass is 9.88. The zero-order valence-electron chi connectivity index (χ0n) is 42.4. The number of hydrogen-bond donors (Lipinski definition) is 3. The van der Waals surface area contributed by atoms with E-state index in [4.69, 9.17) is 18.9 Å². The highest BCUT2D eigenvalue weighted by Gasteiger charge is 2.44. The minimum Gasteiger partial charge on any atom is -0.467 e. The zero-order chi connectivity index (χ0) is 50.6. The number of rotatable bonds is 23. The van der Waals surface area contributed by atoms with Crippen LogP contribution in [0.4, 0.5) is 4.79 Å². The van der Waals surface area contributed by atoms with Gasteiger partial charge in [0.25, 0.3) is 0 Å². The third-order valence-electron chi connectivity index (χ3n) is 14.2. The van der Waals surface area contributed by atoms with Crippen molar-refractivity contribution in [2.45, 2.75) is 123 Å². The zero-order valence-corrected chi connectivity index (χ0v) is 42.4. The Morgan fingerprint density at radius 3 is 2.00 bits per heavy atom. The van der Waals surface area contributed by atoms with Crippen LogP contribution < -0.4 is 16.0 Å². The first kappa shape index (κ1) is 54.1. The fraction of sp³-hybridized carbons (Fsp3) is 0.556. The SMILES string of the molecule is CC[C@H](C)[C@@H]([C@@H](CC(=O)N1CCC[C@H]1[C@H](OC)[C@@H](C)C(=O)NC(Cc1ccccc1)C(=O)OC)OC)N(C)C(=O)[C@@H](NC(=O)C(C)(C)CNC(=O)OCC1c2ccccc2-c2ccccc21)C(C)C. The van der Waals surface area contributed by atoms with E-state index in [0.717, 1.165) is 27.8 Å². The second-order valence-corrected chi connectivity index (χ2v) is 19.6. The van der Waals surface area contributed by atoms with Crippen LogP contribution in [0, 0.1) is 23.2 Å². The van der Waals surface area contributed by atoms with Crippen LogP contribution in [0.15, 0.2) is 78.9 Å². The second kappa shape index (κ2) is 24.7. The van der Waals surface area contributed by atoms with E-state index in [2.05, 4.69) is 28.1 Å². The summed E-state index contributed by atoms with van der Waals surface area (Å²) in [6.45, 7) is 13.4. The van der Waals surface area contributed by atoms with E-state index in [1.807, 2.05) is 94.4 Å². The molecule has 0 radical (unpaired) electrons. The molecular weight excluding hydrogens is 879 g/mol. The van der Waals surface area contributed by atoms with Gasteiger partial charge in [0, 0.05) is 46.7 Å². The van der Waals surface area contributed by atoms with Crippen LogP contribution in [0.3, 0.4) is 0 Å². The van der Waals surface area contributed by atoms with Crippen LogP contribution in [0.2, 0.25) is 0 Å². The molecule has 5 rings (SSSR count). The molecule has 1 aliphatic carbocycles. The van der Waals surface area contributed by atoms with E-state index >= 15 is 0 Å². The monoisotopic (exact) mass is 954 g/mol. The summed E-state index contributed by atoms with van der Waals surface area (Å²) in [5.41, 5.74) is 4.17. The molecule has 8 atom stereocenters. The first-order chi connectivity index (χ1) is 32.9. The van der Waals surface area contributed by atoms with E-state index in [9.17, 15) is 28.8 Å². The summed E-state index contributed by atoms with van der Waals surface area (Å²) in [5.74, 6) is -3.20. The van der Waals surface area contributed by atoms with Crippen LogP contribution in [0.25, 0.3) is 11.1 Å². The molecule has 376 valence electrons. The molecule has 69 heavy (non-hydrogen) atoms. The van der Waals surface area contributed by atoms with Gasteiger partial charge in [0.2, 0.25) is 23.6 Å². The van der Waals surface area contributed by atoms with Gasteiger partial charge in [0.05, 0.1) is 49.2 Å². The molecule has 5 amide bonds. The fourth-order valence-corrected chi connectivity index (χ4v) is 9.89. The molecular formula is C54H75N5O10. The quantitative estimate of drug-likeness (QED) is 0.0887. The van der Waals surface area contributed by atoms with Crippen LogP contribution >= 0.6 is 0 Å². The van der Waals surface area contributed by atoms with Crippen LogP contribution in [-0.2, 0) is 49.3 Å². The molecule has 3 N–H and O–H groups in total. The van der Waals surface area contributed by atoms with Gasteiger partial charge < -0.3 is 44.7 Å². The van der Waals surface area contributed by atoms with Crippen molar-refractivity contribution in [1.29, 1.82) is 0 Å². The van der Waals surface area contributed by atoms with Crippen molar-refractivity contribution in [3.8, 4) is 11.1 Å².